The van der Waals surface area contributed by atoms with E-state index < -0.39 is 6.04 Å². The van der Waals surface area contributed by atoms with Crippen LogP contribution in [0.2, 0.25) is 10.0 Å². The first-order valence-electron chi connectivity index (χ1n) is 9.53. The molecule has 8 heteroatoms. The fraction of sp³-hybridized carbons (Fsp3) is 0.364. The molecule has 2 rings (SSSR count). The number of rotatable bonds is 9. The lowest BCUT2D eigenvalue weighted by molar-refractivity contribution is -0.138. The van der Waals surface area contributed by atoms with Crippen LogP contribution in [0.4, 0.5) is 0 Å². The van der Waals surface area contributed by atoms with Gasteiger partial charge in [0.25, 0.3) is 0 Å². The minimum absolute atomic E-state index is 0.0113. The first-order chi connectivity index (χ1) is 14.2. The van der Waals surface area contributed by atoms with Gasteiger partial charge in [0.15, 0.2) is 0 Å². The van der Waals surface area contributed by atoms with Crippen LogP contribution in [0, 0.1) is 0 Å². The number of hydrogen-bond donors (Lipinski definition) is 1. The summed E-state index contributed by atoms with van der Waals surface area (Å²) >= 11 is 17.2. The number of carbonyl (C=O) groups is 2. The van der Waals surface area contributed by atoms with E-state index in [0.717, 1.165) is 15.6 Å². The summed E-state index contributed by atoms with van der Waals surface area (Å²) in [6.07, 6.45) is 0. The molecular formula is C22H25BrCl2N2O2S. The SMILES string of the molecule is CC(C)NC(=O)C(C)N(Cc1ccc(Cl)cc1Cl)C(=O)CSCc1ccc(Br)cc1. The lowest BCUT2D eigenvalue weighted by Gasteiger charge is -2.29. The van der Waals surface area contributed by atoms with Gasteiger partial charge in [0.05, 0.1) is 5.75 Å². The predicted molar refractivity (Wildman–Crippen MR) is 130 cm³/mol. The van der Waals surface area contributed by atoms with E-state index in [1.807, 2.05) is 38.1 Å². The van der Waals surface area contributed by atoms with Crippen molar-refractivity contribution in [3.63, 3.8) is 0 Å². The van der Waals surface area contributed by atoms with E-state index in [2.05, 4.69) is 21.2 Å². The Morgan fingerprint density at radius 3 is 2.37 bits per heavy atom. The molecule has 0 radical (unpaired) electrons. The number of nitrogens with one attached hydrogen (secondary N) is 1. The lowest BCUT2D eigenvalue weighted by atomic mass is 10.1. The van der Waals surface area contributed by atoms with Crippen molar-refractivity contribution in [1.82, 2.24) is 10.2 Å². The molecule has 0 aliphatic heterocycles. The highest BCUT2D eigenvalue weighted by atomic mass is 79.9. The third-order valence-corrected chi connectivity index (χ3v) is 6.47. The molecule has 0 aliphatic rings. The number of hydrogen-bond acceptors (Lipinski definition) is 3. The minimum Gasteiger partial charge on any atom is -0.352 e. The Bertz CT molecular complexity index is 878. The van der Waals surface area contributed by atoms with E-state index in [9.17, 15) is 9.59 Å². The van der Waals surface area contributed by atoms with Crippen LogP contribution in [0.5, 0.6) is 0 Å². The fourth-order valence-corrected chi connectivity index (χ4v) is 4.34. The third kappa shape index (κ3) is 7.80. The second kappa shape index (κ2) is 12.0. The van der Waals surface area contributed by atoms with Crippen LogP contribution in [0.25, 0.3) is 0 Å². The van der Waals surface area contributed by atoms with Gasteiger partial charge in [0, 0.05) is 32.9 Å². The molecule has 2 aromatic carbocycles. The van der Waals surface area contributed by atoms with Crippen molar-refractivity contribution in [2.45, 2.75) is 45.2 Å². The van der Waals surface area contributed by atoms with Gasteiger partial charge in [-0.1, -0.05) is 57.3 Å². The molecule has 2 amide bonds. The Morgan fingerprint density at radius 2 is 1.77 bits per heavy atom. The standard InChI is InChI=1S/C22H25BrCl2N2O2S/c1-14(2)26-22(29)15(3)27(11-17-6-9-19(24)10-20(17)25)21(28)13-30-12-16-4-7-18(23)8-5-16/h4-10,14-15H,11-13H2,1-3H3,(H,26,29). The summed E-state index contributed by atoms with van der Waals surface area (Å²) in [5.41, 5.74) is 1.88. The van der Waals surface area contributed by atoms with Crippen molar-refractivity contribution < 1.29 is 9.59 Å². The maximum atomic E-state index is 13.1. The summed E-state index contributed by atoms with van der Waals surface area (Å²) in [6.45, 7) is 5.75. The molecule has 1 atom stereocenters. The first-order valence-corrected chi connectivity index (χ1v) is 12.2. The van der Waals surface area contributed by atoms with E-state index in [1.54, 1.807) is 30.0 Å². The number of benzene rings is 2. The van der Waals surface area contributed by atoms with Crippen LogP contribution in [0.15, 0.2) is 46.9 Å². The van der Waals surface area contributed by atoms with Crippen LogP contribution < -0.4 is 5.32 Å². The van der Waals surface area contributed by atoms with Crippen molar-refractivity contribution in [3.8, 4) is 0 Å². The summed E-state index contributed by atoms with van der Waals surface area (Å²) in [7, 11) is 0. The van der Waals surface area contributed by atoms with Gasteiger partial charge in [0.2, 0.25) is 11.8 Å². The van der Waals surface area contributed by atoms with E-state index >= 15 is 0 Å². The molecule has 0 aromatic heterocycles. The highest BCUT2D eigenvalue weighted by molar-refractivity contribution is 9.10. The number of halogens is 3. The van der Waals surface area contributed by atoms with E-state index in [-0.39, 0.29) is 30.2 Å². The highest BCUT2D eigenvalue weighted by Gasteiger charge is 2.27. The largest absolute Gasteiger partial charge is 0.352 e. The topological polar surface area (TPSA) is 49.4 Å². The minimum atomic E-state index is -0.625. The van der Waals surface area contributed by atoms with Gasteiger partial charge in [-0.05, 0) is 56.2 Å². The van der Waals surface area contributed by atoms with Crippen LogP contribution in [0.1, 0.15) is 31.9 Å². The molecule has 1 unspecified atom stereocenters. The summed E-state index contributed by atoms with van der Waals surface area (Å²) in [5.74, 6) is 0.665. The average Bonchev–Trinajstić information content (AvgIpc) is 2.67. The molecule has 0 saturated carbocycles. The van der Waals surface area contributed by atoms with Crippen molar-refractivity contribution in [3.05, 3.63) is 68.1 Å². The Morgan fingerprint density at radius 1 is 1.10 bits per heavy atom. The second-order valence-corrected chi connectivity index (χ2v) is 9.96. The van der Waals surface area contributed by atoms with E-state index in [1.165, 1.54) is 11.8 Å². The molecule has 162 valence electrons. The quantitative estimate of drug-likeness (QED) is 0.436. The second-order valence-electron chi connectivity index (χ2n) is 7.22. The van der Waals surface area contributed by atoms with E-state index in [4.69, 9.17) is 23.2 Å². The van der Waals surface area contributed by atoms with Gasteiger partial charge in [-0.2, -0.15) is 0 Å². The molecule has 30 heavy (non-hydrogen) atoms. The van der Waals surface area contributed by atoms with Crippen LogP contribution >= 0.6 is 50.9 Å². The van der Waals surface area contributed by atoms with Crippen molar-refractivity contribution in [2.75, 3.05) is 5.75 Å². The molecule has 1 N–H and O–H groups in total. The van der Waals surface area contributed by atoms with Crippen molar-refractivity contribution in [1.29, 1.82) is 0 Å². The molecule has 4 nitrogen and oxygen atoms in total. The summed E-state index contributed by atoms with van der Waals surface area (Å²) in [6, 6.07) is 12.5. The van der Waals surface area contributed by atoms with Crippen LogP contribution in [-0.4, -0.2) is 34.6 Å². The van der Waals surface area contributed by atoms with Crippen LogP contribution in [0.3, 0.4) is 0 Å². The Kier molecular flexibility index (Phi) is 10.0. The zero-order valence-electron chi connectivity index (χ0n) is 17.1. The molecular weight excluding hydrogens is 507 g/mol. The smallest absolute Gasteiger partial charge is 0.242 e. The normalized spacial score (nSPS) is 12.0. The molecule has 0 bridgehead atoms. The van der Waals surface area contributed by atoms with Gasteiger partial charge in [0.1, 0.15) is 6.04 Å². The number of carbonyl (C=O) groups excluding carboxylic acids is 2. The maximum absolute atomic E-state index is 13.1. The number of amides is 2. The third-order valence-electron chi connectivity index (χ3n) is 4.36. The molecule has 0 aliphatic carbocycles. The molecule has 0 heterocycles. The van der Waals surface area contributed by atoms with Crippen LogP contribution in [-0.2, 0) is 21.9 Å². The zero-order valence-corrected chi connectivity index (χ0v) is 21.0. The van der Waals surface area contributed by atoms with Crippen molar-refractivity contribution in [2.24, 2.45) is 0 Å². The summed E-state index contributed by atoms with van der Waals surface area (Å²) < 4.78 is 1.02. The van der Waals surface area contributed by atoms with Crippen molar-refractivity contribution >= 4 is 62.7 Å². The summed E-state index contributed by atoms with van der Waals surface area (Å²) in [4.78, 5) is 27.2. The van der Waals surface area contributed by atoms with Gasteiger partial charge >= 0.3 is 0 Å². The summed E-state index contributed by atoms with van der Waals surface area (Å²) in [5, 5.41) is 3.87. The van der Waals surface area contributed by atoms with E-state index in [0.29, 0.717) is 15.8 Å². The van der Waals surface area contributed by atoms with Gasteiger partial charge in [-0.25, -0.2) is 0 Å². The number of thioether (sulfide) groups is 1. The molecule has 0 spiro atoms. The zero-order chi connectivity index (χ0) is 22.3. The maximum Gasteiger partial charge on any atom is 0.242 e. The van der Waals surface area contributed by atoms with Gasteiger partial charge in [-0.15, -0.1) is 11.8 Å². The predicted octanol–water partition coefficient (Wildman–Crippen LogP) is 5.93. The average molecular weight is 532 g/mol. The molecule has 0 saturated heterocycles. The molecule has 0 fully saturated rings. The fourth-order valence-electron chi connectivity index (χ4n) is 2.74. The lowest BCUT2D eigenvalue weighted by Crippen LogP contribution is -2.49. The monoisotopic (exact) mass is 530 g/mol. The first kappa shape index (κ1) is 25.1. The highest BCUT2D eigenvalue weighted by Crippen LogP contribution is 2.24. The Hall–Kier alpha value is -1.21. The Balaban J connectivity index is 2.11. The van der Waals surface area contributed by atoms with Gasteiger partial charge < -0.3 is 10.2 Å². The molecule has 2 aromatic rings. The Labute approximate surface area is 200 Å². The number of nitrogens with zero attached hydrogens (tertiary/aromatic N) is 1. The van der Waals surface area contributed by atoms with Gasteiger partial charge in [-0.3, -0.25) is 9.59 Å².